The van der Waals surface area contributed by atoms with Crippen molar-refractivity contribution in [3.8, 4) is 0 Å². The lowest BCUT2D eigenvalue weighted by atomic mass is 10.3. The van der Waals surface area contributed by atoms with E-state index in [1.54, 1.807) is 14.0 Å². The molecule has 0 aliphatic rings. The van der Waals surface area contributed by atoms with Crippen LogP contribution in [-0.4, -0.2) is 47.7 Å². The van der Waals surface area contributed by atoms with Gasteiger partial charge in [-0.2, -0.15) is 0 Å². The van der Waals surface area contributed by atoms with Gasteiger partial charge in [0.1, 0.15) is 0 Å². The molecule has 0 heterocycles. The summed E-state index contributed by atoms with van der Waals surface area (Å²) in [4.78, 5) is 21.7. The van der Waals surface area contributed by atoms with Crippen molar-refractivity contribution in [2.45, 2.75) is 25.1 Å². The average molecular weight is 235 g/mol. The van der Waals surface area contributed by atoms with Crippen LogP contribution in [0, 0.1) is 0 Å². The van der Waals surface area contributed by atoms with Gasteiger partial charge in [-0.05, 0) is 13.8 Å². The lowest BCUT2D eigenvalue weighted by molar-refractivity contribution is -0.136. The lowest BCUT2D eigenvalue weighted by Gasteiger charge is -2.13. The number of carbonyl (C=O) groups is 2. The van der Waals surface area contributed by atoms with Crippen molar-refractivity contribution < 1.29 is 19.4 Å². The zero-order chi connectivity index (χ0) is 11.8. The molecular formula is C9H17NO4S. The topological polar surface area (TPSA) is 75.6 Å². The van der Waals surface area contributed by atoms with E-state index < -0.39 is 11.2 Å². The number of rotatable bonds is 7. The van der Waals surface area contributed by atoms with Crippen LogP contribution in [0.2, 0.25) is 0 Å². The van der Waals surface area contributed by atoms with E-state index in [1.807, 2.05) is 6.92 Å². The maximum atomic E-state index is 11.3. The highest BCUT2D eigenvalue weighted by Gasteiger charge is 2.14. The van der Waals surface area contributed by atoms with Crippen molar-refractivity contribution in [1.82, 2.24) is 5.32 Å². The summed E-state index contributed by atoms with van der Waals surface area (Å²) >= 11 is 1.10. The second-order valence-corrected chi connectivity index (χ2v) is 4.54. The molecule has 0 saturated carbocycles. The summed E-state index contributed by atoms with van der Waals surface area (Å²) in [5.74, 6) is -0.919. The third kappa shape index (κ3) is 7.21. The molecule has 0 aromatic carbocycles. The van der Waals surface area contributed by atoms with Gasteiger partial charge in [0.2, 0.25) is 5.91 Å². The van der Waals surface area contributed by atoms with Crippen LogP contribution in [0.5, 0.6) is 0 Å². The van der Waals surface area contributed by atoms with Crippen molar-refractivity contribution in [2.24, 2.45) is 0 Å². The van der Waals surface area contributed by atoms with E-state index in [2.05, 4.69) is 5.32 Å². The fourth-order valence-electron chi connectivity index (χ4n) is 0.880. The molecule has 0 aromatic rings. The SMILES string of the molecule is COCC(C)NC(=O)CSC(C)C(=O)O. The number of nitrogens with one attached hydrogen (secondary N) is 1. The number of aliphatic carboxylic acids is 1. The maximum absolute atomic E-state index is 11.3. The highest BCUT2D eigenvalue weighted by molar-refractivity contribution is 8.01. The minimum Gasteiger partial charge on any atom is -0.480 e. The molecule has 6 heteroatoms. The Morgan fingerprint density at radius 1 is 1.47 bits per heavy atom. The van der Waals surface area contributed by atoms with Crippen LogP contribution in [0.3, 0.4) is 0 Å². The highest BCUT2D eigenvalue weighted by atomic mass is 32.2. The number of methoxy groups -OCH3 is 1. The smallest absolute Gasteiger partial charge is 0.316 e. The van der Waals surface area contributed by atoms with Crippen LogP contribution in [0.4, 0.5) is 0 Å². The molecule has 0 aliphatic carbocycles. The molecule has 0 spiro atoms. The van der Waals surface area contributed by atoms with Gasteiger partial charge in [0.05, 0.1) is 17.6 Å². The fourth-order valence-corrected chi connectivity index (χ4v) is 1.51. The summed E-state index contributed by atoms with van der Waals surface area (Å²) < 4.78 is 4.85. The molecule has 15 heavy (non-hydrogen) atoms. The van der Waals surface area contributed by atoms with E-state index in [0.29, 0.717) is 6.61 Å². The molecule has 0 fully saturated rings. The Bertz CT molecular complexity index is 222. The molecule has 0 aromatic heterocycles. The van der Waals surface area contributed by atoms with Crippen molar-refractivity contribution >= 4 is 23.6 Å². The number of carbonyl (C=O) groups excluding carboxylic acids is 1. The summed E-state index contributed by atoms with van der Waals surface area (Å²) in [6.45, 7) is 3.83. The van der Waals surface area contributed by atoms with Gasteiger partial charge < -0.3 is 15.2 Å². The Morgan fingerprint density at radius 3 is 2.53 bits per heavy atom. The predicted molar refractivity (Wildman–Crippen MR) is 59.0 cm³/mol. The first-order valence-corrected chi connectivity index (χ1v) is 5.65. The van der Waals surface area contributed by atoms with Gasteiger partial charge in [0.25, 0.3) is 0 Å². The minimum absolute atomic E-state index is 0.0526. The zero-order valence-corrected chi connectivity index (χ0v) is 9.97. The second-order valence-electron chi connectivity index (χ2n) is 3.22. The van der Waals surface area contributed by atoms with E-state index in [4.69, 9.17) is 9.84 Å². The highest BCUT2D eigenvalue weighted by Crippen LogP contribution is 2.09. The second kappa shape index (κ2) is 7.53. The molecule has 2 atom stereocenters. The first kappa shape index (κ1) is 14.2. The molecule has 88 valence electrons. The quantitative estimate of drug-likeness (QED) is 0.665. The van der Waals surface area contributed by atoms with E-state index in [1.165, 1.54) is 0 Å². The maximum Gasteiger partial charge on any atom is 0.316 e. The summed E-state index contributed by atoms with van der Waals surface area (Å²) in [5.41, 5.74) is 0. The van der Waals surface area contributed by atoms with E-state index in [0.717, 1.165) is 11.8 Å². The Kier molecular flexibility index (Phi) is 7.15. The van der Waals surface area contributed by atoms with E-state index in [-0.39, 0.29) is 17.7 Å². The van der Waals surface area contributed by atoms with Gasteiger partial charge in [-0.15, -0.1) is 11.8 Å². The van der Waals surface area contributed by atoms with Crippen LogP contribution in [-0.2, 0) is 14.3 Å². The molecule has 0 saturated heterocycles. The molecule has 2 N–H and O–H groups in total. The summed E-state index contributed by atoms with van der Waals surface area (Å²) in [5, 5.41) is 10.7. The van der Waals surface area contributed by atoms with Crippen LogP contribution in [0.25, 0.3) is 0 Å². The van der Waals surface area contributed by atoms with Crippen molar-refractivity contribution in [3.63, 3.8) is 0 Å². The summed E-state index contributed by atoms with van der Waals surface area (Å²) in [6, 6.07) is -0.0526. The molecule has 5 nitrogen and oxygen atoms in total. The largest absolute Gasteiger partial charge is 0.480 e. The normalized spacial score (nSPS) is 14.3. The molecule has 0 bridgehead atoms. The van der Waals surface area contributed by atoms with Crippen molar-refractivity contribution in [3.05, 3.63) is 0 Å². The first-order valence-electron chi connectivity index (χ1n) is 4.60. The molecular weight excluding hydrogens is 218 g/mol. The van der Waals surface area contributed by atoms with Gasteiger partial charge in [-0.3, -0.25) is 9.59 Å². The predicted octanol–water partition coefficient (Wildman–Crippen LogP) is 0.344. The van der Waals surface area contributed by atoms with Gasteiger partial charge in [-0.1, -0.05) is 0 Å². The Hall–Kier alpha value is -0.750. The number of hydrogen-bond acceptors (Lipinski definition) is 4. The van der Waals surface area contributed by atoms with Crippen LogP contribution < -0.4 is 5.32 Å². The fraction of sp³-hybridized carbons (Fsp3) is 0.778. The van der Waals surface area contributed by atoms with Crippen LogP contribution in [0.1, 0.15) is 13.8 Å². The zero-order valence-electron chi connectivity index (χ0n) is 9.15. The molecule has 0 radical (unpaired) electrons. The summed E-state index contributed by atoms with van der Waals surface area (Å²) in [7, 11) is 1.56. The minimum atomic E-state index is -0.905. The molecule has 0 rings (SSSR count). The van der Waals surface area contributed by atoms with Gasteiger partial charge in [0.15, 0.2) is 0 Å². The average Bonchev–Trinajstić information content (AvgIpc) is 2.14. The lowest BCUT2D eigenvalue weighted by Crippen LogP contribution is -2.37. The monoisotopic (exact) mass is 235 g/mol. The van der Waals surface area contributed by atoms with Crippen molar-refractivity contribution in [2.75, 3.05) is 19.5 Å². The third-order valence-electron chi connectivity index (χ3n) is 1.64. The number of amides is 1. The number of hydrogen-bond donors (Lipinski definition) is 2. The van der Waals surface area contributed by atoms with E-state index >= 15 is 0 Å². The Morgan fingerprint density at radius 2 is 2.07 bits per heavy atom. The standard InChI is InChI=1S/C9H17NO4S/c1-6(4-14-3)10-8(11)5-15-7(2)9(12)13/h6-7H,4-5H2,1-3H3,(H,10,11)(H,12,13). The Balaban J connectivity index is 3.70. The molecule has 1 amide bonds. The number of thioether (sulfide) groups is 1. The number of carboxylic acid groups (broad SMARTS) is 1. The number of carboxylic acids is 1. The van der Waals surface area contributed by atoms with Gasteiger partial charge in [-0.25, -0.2) is 0 Å². The van der Waals surface area contributed by atoms with Crippen molar-refractivity contribution in [1.29, 1.82) is 0 Å². The molecule has 0 aliphatic heterocycles. The molecule has 2 unspecified atom stereocenters. The third-order valence-corrected chi connectivity index (χ3v) is 2.77. The number of ether oxygens (including phenoxy) is 1. The Labute approximate surface area is 93.6 Å². The summed E-state index contributed by atoms with van der Waals surface area (Å²) in [6.07, 6.45) is 0. The van der Waals surface area contributed by atoms with E-state index in [9.17, 15) is 9.59 Å². The van der Waals surface area contributed by atoms with Gasteiger partial charge in [0, 0.05) is 13.2 Å². The van der Waals surface area contributed by atoms with Crippen LogP contribution in [0.15, 0.2) is 0 Å². The van der Waals surface area contributed by atoms with Gasteiger partial charge >= 0.3 is 5.97 Å². The first-order chi connectivity index (χ1) is 6.97. The van der Waals surface area contributed by atoms with Crippen LogP contribution >= 0.6 is 11.8 Å².